The number of aromatic nitrogens is 1. The first-order valence-corrected chi connectivity index (χ1v) is 11.7. The Morgan fingerprint density at radius 3 is 2.65 bits per heavy atom. The summed E-state index contributed by atoms with van der Waals surface area (Å²) in [7, 11) is 2.06. The summed E-state index contributed by atoms with van der Waals surface area (Å²) in [6.07, 6.45) is 5.60. The third-order valence-corrected chi connectivity index (χ3v) is 6.95. The molecule has 1 atom stereocenters. The van der Waals surface area contributed by atoms with E-state index in [1.54, 1.807) is 0 Å². The van der Waals surface area contributed by atoms with E-state index < -0.39 is 0 Å². The van der Waals surface area contributed by atoms with E-state index in [4.69, 9.17) is 16.3 Å². The smallest absolute Gasteiger partial charge is 0.310 e. The maximum atomic E-state index is 13.1. The van der Waals surface area contributed by atoms with Gasteiger partial charge in [0.1, 0.15) is 0 Å². The van der Waals surface area contributed by atoms with Gasteiger partial charge in [-0.25, -0.2) is 0 Å². The molecule has 0 spiro atoms. The minimum atomic E-state index is -0.170. The van der Waals surface area contributed by atoms with Gasteiger partial charge in [0.25, 0.3) is 0 Å². The highest BCUT2D eigenvalue weighted by Crippen LogP contribution is 2.28. The van der Waals surface area contributed by atoms with Gasteiger partial charge in [0, 0.05) is 54.7 Å². The lowest BCUT2D eigenvalue weighted by molar-refractivity contribution is -0.152. The minimum absolute atomic E-state index is 0.0548. The minimum Gasteiger partial charge on any atom is -0.466 e. The summed E-state index contributed by atoms with van der Waals surface area (Å²) in [5.41, 5.74) is 2.46. The second-order valence-corrected chi connectivity index (χ2v) is 9.29. The van der Waals surface area contributed by atoms with Gasteiger partial charge in [0.05, 0.1) is 12.5 Å². The SMILES string of the molecule is CCOC(=O)[C@H]1CCCN(C(=O)C2CCN(Cc3cn(C)c4ccc(Cl)cc34)CC2)C1. The molecule has 2 aliphatic rings. The largest absolute Gasteiger partial charge is 0.466 e. The van der Waals surface area contributed by atoms with Crippen LogP contribution in [-0.2, 0) is 27.9 Å². The number of piperidine rings is 2. The fraction of sp³-hybridized carbons (Fsp3) is 0.583. The predicted octanol–water partition coefficient (Wildman–Crippen LogP) is 3.85. The molecule has 1 aromatic heterocycles. The van der Waals surface area contributed by atoms with Gasteiger partial charge in [-0.1, -0.05) is 11.6 Å². The van der Waals surface area contributed by atoms with E-state index in [-0.39, 0.29) is 23.7 Å². The highest BCUT2D eigenvalue weighted by Gasteiger charge is 2.34. The number of aryl methyl sites for hydroxylation is 1. The number of fused-ring (bicyclic) bond motifs is 1. The monoisotopic (exact) mass is 445 g/mol. The van der Waals surface area contributed by atoms with Crippen LogP contribution in [0.5, 0.6) is 0 Å². The molecule has 4 rings (SSSR count). The first kappa shape index (κ1) is 22.2. The zero-order valence-electron chi connectivity index (χ0n) is 18.5. The Balaban J connectivity index is 1.33. The van der Waals surface area contributed by atoms with Crippen molar-refractivity contribution < 1.29 is 14.3 Å². The van der Waals surface area contributed by atoms with E-state index in [2.05, 4.69) is 28.8 Å². The Bertz CT molecular complexity index is 949. The molecule has 0 aliphatic carbocycles. The number of nitrogens with zero attached hydrogens (tertiary/aromatic N) is 3. The van der Waals surface area contributed by atoms with Crippen molar-refractivity contribution in [1.82, 2.24) is 14.4 Å². The van der Waals surface area contributed by atoms with Crippen LogP contribution >= 0.6 is 11.6 Å². The fourth-order valence-electron chi connectivity index (χ4n) is 5.04. The average molecular weight is 446 g/mol. The summed E-state index contributed by atoms with van der Waals surface area (Å²) in [4.78, 5) is 29.5. The lowest BCUT2D eigenvalue weighted by atomic mass is 9.92. The molecule has 31 heavy (non-hydrogen) atoms. The van der Waals surface area contributed by atoms with Crippen LogP contribution < -0.4 is 0 Å². The molecule has 1 amide bonds. The van der Waals surface area contributed by atoms with Crippen molar-refractivity contribution in [1.29, 1.82) is 0 Å². The normalized spacial score (nSPS) is 20.9. The Kier molecular flexibility index (Phi) is 6.87. The van der Waals surface area contributed by atoms with Crippen LogP contribution in [0.25, 0.3) is 10.9 Å². The van der Waals surface area contributed by atoms with Gasteiger partial charge in [-0.3, -0.25) is 14.5 Å². The van der Waals surface area contributed by atoms with Gasteiger partial charge in [-0.2, -0.15) is 0 Å². The summed E-state index contributed by atoms with van der Waals surface area (Å²) in [5, 5.41) is 1.96. The lowest BCUT2D eigenvalue weighted by Crippen LogP contribution is -2.47. The van der Waals surface area contributed by atoms with Crippen molar-refractivity contribution in [3.63, 3.8) is 0 Å². The van der Waals surface area contributed by atoms with Crippen LogP contribution in [-0.4, -0.2) is 59.0 Å². The van der Waals surface area contributed by atoms with Gasteiger partial charge in [0.15, 0.2) is 0 Å². The van der Waals surface area contributed by atoms with Gasteiger partial charge >= 0.3 is 5.97 Å². The molecular formula is C24H32ClN3O3. The van der Waals surface area contributed by atoms with Crippen LogP contribution in [0.15, 0.2) is 24.4 Å². The van der Waals surface area contributed by atoms with Crippen molar-refractivity contribution in [2.24, 2.45) is 18.9 Å². The summed E-state index contributed by atoms with van der Waals surface area (Å²) < 4.78 is 7.32. The molecule has 3 heterocycles. The molecule has 6 nitrogen and oxygen atoms in total. The molecule has 1 aromatic carbocycles. The number of carbonyl (C=O) groups is 2. The number of amides is 1. The topological polar surface area (TPSA) is 54.8 Å². The molecular weight excluding hydrogens is 414 g/mol. The number of ether oxygens (including phenoxy) is 1. The molecule has 2 aromatic rings. The van der Waals surface area contributed by atoms with Crippen LogP contribution in [0.3, 0.4) is 0 Å². The van der Waals surface area contributed by atoms with Crippen molar-refractivity contribution >= 4 is 34.4 Å². The summed E-state index contributed by atoms with van der Waals surface area (Å²) in [6, 6.07) is 6.03. The van der Waals surface area contributed by atoms with Crippen molar-refractivity contribution in [2.45, 2.75) is 39.2 Å². The Labute approximate surface area is 189 Å². The average Bonchev–Trinajstić information content (AvgIpc) is 3.08. The second-order valence-electron chi connectivity index (χ2n) is 8.85. The maximum Gasteiger partial charge on any atom is 0.310 e. The van der Waals surface area contributed by atoms with Crippen molar-refractivity contribution in [3.05, 3.63) is 35.0 Å². The summed E-state index contributed by atoms with van der Waals surface area (Å²) >= 11 is 6.22. The molecule has 0 radical (unpaired) electrons. The Morgan fingerprint density at radius 1 is 1.13 bits per heavy atom. The van der Waals surface area contributed by atoms with Gasteiger partial charge in [-0.05, 0) is 69.5 Å². The Morgan fingerprint density at radius 2 is 1.90 bits per heavy atom. The highest BCUT2D eigenvalue weighted by molar-refractivity contribution is 6.31. The van der Waals surface area contributed by atoms with Gasteiger partial charge in [-0.15, -0.1) is 0 Å². The van der Waals surface area contributed by atoms with Crippen LogP contribution in [0.4, 0.5) is 0 Å². The van der Waals surface area contributed by atoms with Gasteiger partial charge < -0.3 is 14.2 Å². The van der Waals surface area contributed by atoms with Crippen LogP contribution in [0, 0.1) is 11.8 Å². The van der Waals surface area contributed by atoms with Crippen LogP contribution in [0.1, 0.15) is 38.2 Å². The molecule has 168 valence electrons. The lowest BCUT2D eigenvalue weighted by Gasteiger charge is -2.37. The third-order valence-electron chi connectivity index (χ3n) is 6.72. The summed E-state index contributed by atoms with van der Waals surface area (Å²) in [6.45, 7) is 6.16. The molecule has 0 N–H and O–H groups in total. The number of hydrogen-bond donors (Lipinski definition) is 0. The predicted molar refractivity (Wildman–Crippen MR) is 122 cm³/mol. The van der Waals surface area contributed by atoms with E-state index >= 15 is 0 Å². The number of carbonyl (C=O) groups excluding carboxylic acids is 2. The number of halogens is 1. The molecule has 0 saturated carbocycles. The van der Waals surface area contributed by atoms with E-state index in [1.807, 2.05) is 24.0 Å². The molecule has 2 saturated heterocycles. The highest BCUT2D eigenvalue weighted by atomic mass is 35.5. The first-order chi connectivity index (χ1) is 15.0. The van der Waals surface area contributed by atoms with Gasteiger partial charge in [0.2, 0.25) is 5.91 Å². The molecule has 0 bridgehead atoms. The molecule has 2 fully saturated rings. The van der Waals surface area contributed by atoms with E-state index in [1.165, 1.54) is 16.5 Å². The second kappa shape index (κ2) is 9.61. The number of esters is 1. The molecule has 7 heteroatoms. The number of rotatable bonds is 5. The molecule has 0 unspecified atom stereocenters. The zero-order chi connectivity index (χ0) is 22.0. The van der Waals surface area contributed by atoms with Crippen molar-refractivity contribution in [3.8, 4) is 0 Å². The van der Waals surface area contributed by atoms with Crippen molar-refractivity contribution in [2.75, 3.05) is 32.8 Å². The molecule has 2 aliphatic heterocycles. The summed E-state index contributed by atoms with van der Waals surface area (Å²) in [5.74, 6) is -0.0642. The zero-order valence-corrected chi connectivity index (χ0v) is 19.2. The quantitative estimate of drug-likeness (QED) is 0.656. The fourth-order valence-corrected chi connectivity index (χ4v) is 5.21. The standard InChI is InChI=1S/C24H32ClN3O3/c1-3-31-24(30)18-5-4-10-28(16-18)23(29)17-8-11-27(12-9-17)15-19-14-26(2)22-7-6-20(25)13-21(19)22/h6-7,13-14,17-18H,3-5,8-12,15-16H2,1-2H3/t18-/m0/s1. The van der Waals surface area contributed by atoms with E-state index in [9.17, 15) is 9.59 Å². The third kappa shape index (κ3) is 4.90. The Hall–Kier alpha value is -2.05. The number of benzene rings is 1. The van der Waals surface area contributed by atoms with E-state index in [0.717, 1.165) is 56.9 Å². The first-order valence-electron chi connectivity index (χ1n) is 11.4. The van der Waals surface area contributed by atoms with Crippen LogP contribution in [0.2, 0.25) is 5.02 Å². The maximum absolute atomic E-state index is 13.1. The van der Waals surface area contributed by atoms with E-state index in [0.29, 0.717) is 13.2 Å². The number of hydrogen-bond acceptors (Lipinski definition) is 4. The number of likely N-dealkylation sites (tertiary alicyclic amines) is 2.